The van der Waals surface area contributed by atoms with E-state index in [2.05, 4.69) is 46.3 Å². The quantitative estimate of drug-likeness (QED) is 0.847. The Balaban J connectivity index is 1.50. The molecule has 4 nitrogen and oxygen atoms in total. The topological polar surface area (TPSA) is 27.7 Å². The van der Waals surface area contributed by atoms with Crippen molar-refractivity contribution in [3.05, 3.63) is 59.7 Å². The van der Waals surface area contributed by atoms with Gasteiger partial charge in [0.2, 0.25) is 0 Å². The number of aryl methyl sites for hydroxylation is 1. The number of rotatable bonds is 4. The predicted octanol–water partition coefficient (Wildman–Crippen LogP) is 3.52. The number of methoxy groups -OCH3 is 1. The van der Waals surface area contributed by atoms with Gasteiger partial charge >= 0.3 is 0 Å². The maximum Gasteiger partial charge on any atom is 0.173 e. The Morgan fingerprint density at radius 2 is 1.84 bits per heavy atom. The molecule has 0 saturated carbocycles. The highest BCUT2D eigenvalue weighted by molar-refractivity contribution is 7.80. The van der Waals surface area contributed by atoms with Crippen molar-refractivity contribution in [2.45, 2.75) is 13.5 Å². The van der Waals surface area contributed by atoms with Crippen LogP contribution in [0.5, 0.6) is 5.75 Å². The first-order chi connectivity index (χ1) is 12.1. The van der Waals surface area contributed by atoms with E-state index in [1.54, 1.807) is 7.11 Å². The third-order valence-corrected chi connectivity index (χ3v) is 4.83. The van der Waals surface area contributed by atoms with E-state index in [4.69, 9.17) is 17.0 Å². The van der Waals surface area contributed by atoms with Gasteiger partial charge in [-0.05, 0) is 36.8 Å². The molecule has 132 valence electrons. The molecule has 3 rings (SSSR count). The van der Waals surface area contributed by atoms with Gasteiger partial charge in [0.25, 0.3) is 0 Å². The second-order valence-electron chi connectivity index (χ2n) is 6.41. The lowest BCUT2D eigenvalue weighted by molar-refractivity contribution is 0.177. The van der Waals surface area contributed by atoms with Crippen LogP contribution in [-0.2, 0) is 6.54 Å². The van der Waals surface area contributed by atoms with Gasteiger partial charge < -0.3 is 15.0 Å². The number of nitrogens with one attached hydrogen (secondary N) is 1. The Kier molecular flexibility index (Phi) is 5.89. The zero-order valence-corrected chi connectivity index (χ0v) is 15.7. The van der Waals surface area contributed by atoms with Crippen LogP contribution in [0.1, 0.15) is 11.1 Å². The maximum atomic E-state index is 5.58. The summed E-state index contributed by atoms with van der Waals surface area (Å²) in [6, 6.07) is 16.6. The SMILES string of the molecule is COc1cccc(NC(=S)N2CCN(Cc3cccc(C)c3)CC2)c1. The van der Waals surface area contributed by atoms with Gasteiger partial charge in [-0.1, -0.05) is 35.9 Å². The van der Waals surface area contributed by atoms with Crippen LogP contribution in [0.25, 0.3) is 0 Å². The van der Waals surface area contributed by atoms with E-state index in [9.17, 15) is 0 Å². The molecule has 1 N–H and O–H groups in total. The van der Waals surface area contributed by atoms with Crippen LogP contribution < -0.4 is 10.1 Å². The Morgan fingerprint density at radius 1 is 1.08 bits per heavy atom. The molecular weight excluding hydrogens is 330 g/mol. The molecular formula is C20H25N3OS. The van der Waals surface area contributed by atoms with Crippen molar-refractivity contribution in [2.24, 2.45) is 0 Å². The summed E-state index contributed by atoms with van der Waals surface area (Å²) in [5, 5.41) is 4.10. The summed E-state index contributed by atoms with van der Waals surface area (Å²) in [5.41, 5.74) is 3.66. The van der Waals surface area contributed by atoms with Crippen molar-refractivity contribution in [1.29, 1.82) is 0 Å². The minimum atomic E-state index is 0.781. The van der Waals surface area contributed by atoms with Gasteiger partial charge in [0, 0.05) is 44.5 Å². The number of ether oxygens (including phenoxy) is 1. The van der Waals surface area contributed by atoms with Crippen molar-refractivity contribution in [3.63, 3.8) is 0 Å². The smallest absolute Gasteiger partial charge is 0.173 e. The van der Waals surface area contributed by atoms with E-state index >= 15 is 0 Å². The van der Waals surface area contributed by atoms with Crippen LogP contribution in [0.4, 0.5) is 5.69 Å². The van der Waals surface area contributed by atoms with Gasteiger partial charge in [-0.25, -0.2) is 0 Å². The van der Waals surface area contributed by atoms with Gasteiger partial charge in [-0.2, -0.15) is 0 Å². The van der Waals surface area contributed by atoms with Gasteiger partial charge in [0.15, 0.2) is 5.11 Å². The number of piperazine rings is 1. The summed E-state index contributed by atoms with van der Waals surface area (Å²) < 4.78 is 5.26. The second kappa shape index (κ2) is 8.32. The average Bonchev–Trinajstić information content (AvgIpc) is 2.62. The van der Waals surface area contributed by atoms with Crippen LogP contribution in [0.3, 0.4) is 0 Å². The standard InChI is InChI=1S/C20H25N3OS/c1-16-5-3-6-17(13-16)15-22-9-11-23(12-10-22)20(25)21-18-7-4-8-19(14-18)24-2/h3-8,13-14H,9-12,15H2,1-2H3,(H,21,25). The highest BCUT2D eigenvalue weighted by Crippen LogP contribution is 2.18. The lowest BCUT2D eigenvalue weighted by atomic mass is 10.1. The molecule has 0 amide bonds. The third kappa shape index (κ3) is 4.94. The van der Waals surface area contributed by atoms with Crippen molar-refractivity contribution in [3.8, 4) is 5.75 Å². The monoisotopic (exact) mass is 355 g/mol. The highest BCUT2D eigenvalue weighted by Gasteiger charge is 2.19. The highest BCUT2D eigenvalue weighted by atomic mass is 32.1. The molecule has 0 spiro atoms. The Bertz CT molecular complexity index is 726. The van der Waals surface area contributed by atoms with Crippen molar-refractivity contribution < 1.29 is 4.74 Å². The Labute approximate surface area is 155 Å². The summed E-state index contributed by atoms with van der Waals surface area (Å²) in [7, 11) is 1.67. The molecule has 1 aliphatic rings. The second-order valence-corrected chi connectivity index (χ2v) is 6.80. The first-order valence-electron chi connectivity index (χ1n) is 8.62. The molecule has 5 heteroatoms. The average molecular weight is 356 g/mol. The van der Waals surface area contributed by atoms with Crippen LogP contribution in [0.15, 0.2) is 48.5 Å². The van der Waals surface area contributed by atoms with Gasteiger partial charge in [0.1, 0.15) is 5.75 Å². The zero-order valence-electron chi connectivity index (χ0n) is 14.9. The first-order valence-corrected chi connectivity index (χ1v) is 9.03. The number of anilines is 1. The Morgan fingerprint density at radius 3 is 2.56 bits per heavy atom. The summed E-state index contributed by atoms with van der Waals surface area (Å²) in [5.74, 6) is 0.829. The molecule has 25 heavy (non-hydrogen) atoms. The molecule has 0 bridgehead atoms. The van der Waals surface area contributed by atoms with E-state index in [0.717, 1.165) is 49.3 Å². The van der Waals surface area contributed by atoms with E-state index < -0.39 is 0 Å². The minimum absolute atomic E-state index is 0.781. The van der Waals surface area contributed by atoms with Gasteiger partial charge in [-0.3, -0.25) is 4.90 Å². The van der Waals surface area contributed by atoms with Crippen LogP contribution in [0, 0.1) is 6.92 Å². The number of thiocarbonyl (C=S) groups is 1. The summed E-state index contributed by atoms with van der Waals surface area (Å²) in [4.78, 5) is 4.72. The van der Waals surface area contributed by atoms with Crippen LogP contribution in [-0.4, -0.2) is 48.2 Å². The van der Waals surface area contributed by atoms with Crippen LogP contribution in [0.2, 0.25) is 0 Å². The molecule has 2 aromatic carbocycles. The fourth-order valence-electron chi connectivity index (χ4n) is 3.08. The van der Waals surface area contributed by atoms with E-state index in [1.165, 1.54) is 11.1 Å². The predicted molar refractivity (Wildman–Crippen MR) is 107 cm³/mol. The first kappa shape index (κ1) is 17.7. The molecule has 1 aliphatic heterocycles. The normalized spacial score (nSPS) is 15.0. The number of nitrogens with zero attached hydrogens (tertiary/aromatic N) is 2. The molecule has 1 heterocycles. The number of hydrogen-bond donors (Lipinski definition) is 1. The van der Waals surface area contributed by atoms with Crippen LogP contribution >= 0.6 is 12.2 Å². The molecule has 0 aromatic heterocycles. The van der Waals surface area contributed by atoms with Gasteiger partial charge in [-0.15, -0.1) is 0 Å². The third-order valence-electron chi connectivity index (χ3n) is 4.47. The minimum Gasteiger partial charge on any atom is -0.497 e. The van der Waals surface area contributed by atoms with Gasteiger partial charge in [0.05, 0.1) is 7.11 Å². The number of hydrogen-bond acceptors (Lipinski definition) is 3. The van der Waals surface area contributed by atoms with Crippen molar-refractivity contribution in [1.82, 2.24) is 9.80 Å². The summed E-state index contributed by atoms with van der Waals surface area (Å²) in [6.07, 6.45) is 0. The molecule has 0 unspecified atom stereocenters. The van der Waals surface area contributed by atoms with E-state index in [1.807, 2.05) is 24.3 Å². The zero-order chi connectivity index (χ0) is 17.6. The fourth-order valence-corrected chi connectivity index (χ4v) is 3.38. The number of benzene rings is 2. The lowest BCUT2D eigenvalue weighted by Gasteiger charge is -2.36. The maximum absolute atomic E-state index is 5.58. The van der Waals surface area contributed by atoms with Crippen molar-refractivity contribution >= 4 is 23.0 Å². The molecule has 2 aromatic rings. The Hall–Kier alpha value is -2.11. The lowest BCUT2D eigenvalue weighted by Crippen LogP contribution is -2.49. The largest absolute Gasteiger partial charge is 0.497 e. The fraction of sp³-hybridized carbons (Fsp3) is 0.350. The molecule has 0 atom stereocenters. The van der Waals surface area contributed by atoms with Crippen molar-refractivity contribution in [2.75, 3.05) is 38.6 Å². The van der Waals surface area contributed by atoms with E-state index in [0.29, 0.717) is 0 Å². The molecule has 0 aliphatic carbocycles. The molecule has 1 saturated heterocycles. The summed E-state index contributed by atoms with van der Waals surface area (Å²) in [6.45, 7) is 7.08. The molecule has 1 fully saturated rings. The summed E-state index contributed by atoms with van der Waals surface area (Å²) >= 11 is 5.58. The molecule has 0 radical (unpaired) electrons. The van der Waals surface area contributed by atoms with E-state index in [-0.39, 0.29) is 0 Å².